The second-order valence-corrected chi connectivity index (χ2v) is 7.35. The molecule has 0 saturated heterocycles. The first kappa shape index (κ1) is 15.5. The van der Waals surface area contributed by atoms with Gasteiger partial charge in [-0.2, -0.15) is 0 Å². The molecule has 1 N–H and O–H groups in total. The fraction of sp³-hybridized carbons (Fsp3) is 0.455. The Hall–Kier alpha value is -0.530. The summed E-state index contributed by atoms with van der Waals surface area (Å²) in [7, 11) is -1.86. The summed E-state index contributed by atoms with van der Waals surface area (Å²) in [5.41, 5.74) is -0.00359. The van der Waals surface area contributed by atoms with Crippen LogP contribution in [0.25, 0.3) is 0 Å². The number of hydrogen-bond acceptors (Lipinski definition) is 3. The molecule has 3 nitrogen and oxygen atoms in total. The van der Waals surface area contributed by atoms with Gasteiger partial charge in [0.05, 0.1) is 15.8 Å². The Morgan fingerprint density at radius 1 is 1.28 bits per heavy atom. The molecule has 0 aromatic heterocycles. The van der Waals surface area contributed by atoms with E-state index < -0.39 is 32.8 Å². The molecule has 0 fully saturated rings. The number of sulfone groups is 1. The van der Waals surface area contributed by atoms with Gasteiger partial charge < -0.3 is 5.32 Å². The third kappa shape index (κ3) is 3.27. The molecule has 0 radical (unpaired) electrons. The van der Waals surface area contributed by atoms with Crippen LogP contribution in [0, 0.1) is 11.6 Å². The standard InChI is InChI=1S/C11H14BrF2NO2S/c1-6(18(3,16)17)11(15-2)7-4-10(14)8(12)5-9(7)13/h4-6,11,15H,1-3H3. The second kappa shape index (κ2) is 5.63. The van der Waals surface area contributed by atoms with Gasteiger partial charge in [0.2, 0.25) is 0 Å². The summed E-state index contributed by atoms with van der Waals surface area (Å²) in [5, 5.41) is 1.85. The number of nitrogens with one attached hydrogen (secondary N) is 1. The molecule has 0 saturated carbocycles. The van der Waals surface area contributed by atoms with Crippen LogP contribution >= 0.6 is 15.9 Å². The van der Waals surface area contributed by atoms with Crippen LogP contribution in [0.3, 0.4) is 0 Å². The predicted octanol–water partition coefficient (Wildman–Crippen LogP) is 2.42. The molecule has 2 unspecified atom stereocenters. The van der Waals surface area contributed by atoms with Gasteiger partial charge >= 0.3 is 0 Å². The highest BCUT2D eigenvalue weighted by Crippen LogP contribution is 2.28. The van der Waals surface area contributed by atoms with Crippen molar-refractivity contribution in [3.05, 3.63) is 33.8 Å². The summed E-state index contributed by atoms with van der Waals surface area (Å²) in [6.45, 7) is 1.45. The van der Waals surface area contributed by atoms with Crippen LogP contribution in [-0.4, -0.2) is 27.0 Å². The quantitative estimate of drug-likeness (QED) is 0.855. The van der Waals surface area contributed by atoms with E-state index in [0.717, 1.165) is 18.4 Å². The van der Waals surface area contributed by atoms with Crippen molar-refractivity contribution in [3.63, 3.8) is 0 Å². The van der Waals surface area contributed by atoms with E-state index in [1.807, 2.05) is 0 Å². The Kier molecular flexibility index (Phi) is 4.85. The van der Waals surface area contributed by atoms with Crippen molar-refractivity contribution in [3.8, 4) is 0 Å². The molecule has 1 aromatic rings. The summed E-state index contributed by atoms with van der Waals surface area (Å²) in [5.74, 6) is -1.29. The van der Waals surface area contributed by atoms with E-state index in [0.29, 0.717) is 0 Å². The Balaban J connectivity index is 3.30. The van der Waals surface area contributed by atoms with E-state index in [4.69, 9.17) is 0 Å². The molecule has 0 heterocycles. The molecule has 0 aliphatic heterocycles. The van der Waals surface area contributed by atoms with Crippen molar-refractivity contribution in [1.29, 1.82) is 0 Å². The van der Waals surface area contributed by atoms with Gasteiger partial charge in [0.1, 0.15) is 11.6 Å². The minimum Gasteiger partial charge on any atom is -0.312 e. The van der Waals surface area contributed by atoms with Gasteiger partial charge in [0.25, 0.3) is 0 Å². The highest BCUT2D eigenvalue weighted by Gasteiger charge is 2.28. The predicted molar refractivity (Wildman–Crippen MR) is 70.2 cm³/mol. The summed E-state index contributed by atoms with van der Waals surface area (Å²) in [6, 6.07) is 1.19. The van der Waals surface area contributed by atoms with E-state index >= 15 is 0 Å². The lowest BCUT2D eigenvalue weighted by atomic mass is 10.0. The van der Waals surface area contributed by atoms with E-state index in [9.17, 15) is 17.2 Å². The van der Waals surface area contributed by atoms with E-state index in [1.54, 1.807) is 0 Å². The highest BCUT2D eigenvalue weighted by molar-refractivity contribution is 9.10. The zero-order chi connectivity index (χ0) is 14.1. The molecule has 0 amide bonds. The molecule has 18 heavy (non-hydrogen) atoms. The molecule has 102 valence electrons. The van der Waals surface area contributed by atoms with Crippen LogP contribution in [0.1, 0.15) is 18.5 Å². The van der Waals surface area contributed by atoms with Gasteiger partial charge in [-0.1, -0.05) is 0 Å². The molecule has 0 aliphatic carbocycles. The summed E-state index contributed by atoms with van der Waals surface area (Å²) < 4.78 is 50.2. The lowest BCUT2D eigenvalue weighted by molar-refractivity contribution is 0.500. The average Bonchev–Trinajstić information content (AvgIpc) is 2.24. The SMILES string of the molecule is CNC(c1cc(F)c(Br)cc1F)C(C)S(C)(=O)=O. The van der Waals surface area contributed by atoms with Crippen molar-refractivity contribution >= 4 is 25.8 Å². The monoisotopic (exact) mass is 341 g/mol. The summed E-state index contributed by atoms with van der Waals surface area (Å²) in [4.78, 5) is 0. The van der Waals surface area contributed by atoms with Gasteiger partial charge in [-0.05, 0) is 42.0 Å². The maximum absolute atomic E-state index is 13.8. The molecule has 2 atom stereocenters. The molecule has 0 aliphatic rings. The highest BCUT2D eigenvalue weighted by atomic mass is 79.9. The van der Waals surface area contributed by atoms with E-state index in [1.165, 1.54) is 14.0 Å². The van der Waals surface area contributed by atoms with Crippen LogP contribution in [-0.2, 0) is 9.84 Å². The summed E-state index contributed by atoms with van der Waals surface area (Å²) >= 11 is 2.87. The van der Waals surface area contributed by atoms with Gasteiger partial charge in [-0.15, -0.1) is 0 Å². The maximum atomic E-state index is 13.8. The molecular formula is C11H14BrF2NO2S. The molecule has 0 bridgehead atoms. The Morgan fingerprint density at radius 2 is 1.83 bits per heavy atom. The smallest absolute Gasteiger partial charge is 0.151 e. The van der Waals surface area contributed by atoms with E-state index in [2.05, 4.69) is 21.2 Å². The fourth-order valence-corrected chi connectivity index (χ4v) is 2.76. The largest absolute Gasteiger partial charge is 0.312 e. The fourth-order valence-electron chi connectivity index (χ4n) is 1.67. The average molecular weight is 342 g/mol. The Labute approximate surface area is 114 Å². The van der Waals surface area contributed by atoms with Crippen LogP contribution in [0.5, 0.6) is 0 Å². The van der Waals surface area contributed by atoms with E-state index in [-0.39, 0.29) is 10.0 Å². The zero-order valence-corrected chi connectivity index (χ0v) is 12.6. The molecule has 7 heteroatoms. The van der Waals surface area contributed by atoms with Crippen LogP contribution in [0.15, 0.2) is 16.6 Å². The van der Waals surface area contributed by atoms with Crippen LogP contribution in [0.2, 0.25) is 0 Å². The number of benzene rings is 1. The van der Waals surface area contributed by atoms with Crippen LogP contribution < -0.4 is 5.32 Å². The Morgan fingerprint density at radius 3 is 2.28 bits per heavy atom. The first-order chi connectivity index (χ1) is 8.18. The molecule has 1 rings (SSSR count). The van der Waals surface area contributed by atoms with Crippen molar-refractivity contribution < 1.29 is 17.2 Å². The number of rotatable bonds is 4. The minimum absolute atomic E-state index is 0.00359. The first-order valence-electron chi connectivity index (χ1n) is 5.19. The zero-order valence-electron chi connectivity index (χ0n) is 10.2. The number of halogens is 3. The maximum Gasteiger partial charge on any atom is 0.151 e. The number of hydrogen-bond donors (Lipinski definition) is 1. The van der Waals surface area contributed by atoms with Crippen LogP contribution in [0.4, 0.5) is 8.78 Å². The molecular weight excluding hydrogens is 328 g/mol. The van der Waals surface area contributed by atoms with Gasteiger partial charge in [-0.3, -0.25) is 0 Å². The molecule has 1 aromatic carbocycles. The molecule has 0 spiro atoms. The minimum atomic E-state index is -3.37. The Bertz CT molecular complexity index is 548. The second-order valence-electron chi connectivity index (χ2n) is 4.09. The third-order valence-electron chi connectivity index (χ3n) is 2.83. The lowest BCUT2D eigenvalue weighted by Gasteiger charge is -2.23. The van der Waals surface area contributed by atoms with Crippen molar-refractivity contribution in [2.45, 2.75) is 18.2 Å². The van der Waals surface area contributed by atoms with Crippen molar-refractivity contribution in [2.24, 2.45) is 0 Å². The third-order valence-corrected chi connectivity index (χ3v) is 5.06. The van der Waals surface area contributed by atoms with Gasteiger partial charge in [0.15, 0.2) is 9.84 Å². The topological polar surface area (TPSA) is 46.2 Å². The van der Waals surface area contributed by atoms with Crippen molar-refractivity contribution in [2.75, 3.05) is 13.3 Å². The normalized spacial score (nSPS) is 15.4. The van der Waals surface area contributed by atoms with Gasteiger partial charge in [-0.25, -0.2) is 17.2 Å². The van der Waals surface area contributed by atoms with Gasteiger partial charge in [0, 0.05) is 11.8 Å². The van der Waals surface area contributed by atoms with Crippen molar-refractivity contribution in [1.82, 2.24) is 5.32 Å². The first-order valence-corrected chi connectivity index (χ1v) is 7.93. The lowest BCUT2D eigenvalue weighted by Crippen LogP contribution is -2.33. The summed E-state index contributed by atoms with van der Waals surface area (Å²) in [6.07, 6.45) is 1.06.